The number of rotatable bonds is 4. The van der Waals surface area contributed by atoms with Gasteiger partial charge in [-0.05, 0) is 42.0 Å². The van der Waals surface area contributed by atoms with Crippen LogP contribution in [0.2, 0.25) is 0 Å². The minimum absolute atomic E-state index is 0.0101. The summed E-state index contributed by atoms with van der Waals surface area (Å²) in [6, 6.07) is 12.5. The summed E-state index contributed by atoms with van der Waals surface area (Å²) >= 11 is 4.81. The summed E-state index contributed by atoms with van der Waals surface area (Å²) in [6.45, 7) is 0.407. The Morgan fingerprint density at radius 3 is 2.33 bits per heavy atom. The molecule has 126 valence electrons. The third kappa shape index (κ3) is 3.34. The van der Waals surface area contributed by atoms with Gasteiger partial charge in [0.2, 0.25) is 10.0 Å². The predicted octanol–water partition coefficient (Wildman–Crippen LogP) is 3.79. The maximum atomic E-state index is 12.9. The van der Waals surface area contributed by atoms with Gasteiger partial charge >= 0.3 is 0 Å². The summed E-state index contributed by atoms with van der Waals surface area (Å²) in [5, 5.41) is 10.4. The van der Waals surface area contributed by atoms with Crippen LogP contribution >= 0.6 is 27.7 Å². The van der Waals surface area contributed by atoms with Gasteiger partial charge in [0.15, 0.2) is 0 Å². The number of hydrogen-bond donors (Lipinski definition) is 0. The number of halogens is 1. The fraction of sp³-hybridized carbons (Fsp3) is 0.200. The van der Waals surface area contributed by atoms with E-state index >= 15 is 0 Å². The maximum absolute atomic E-state index is 12.9. The van der Waals surface area contributed by atoms with Crippen molar-refractivity contribution in [1.29, 1.82) is 0 Å². The first-order valence-corrected chi connectivity index (χ1v) is 10.3. The van der Waals surface area contributed by atoms with E-state index < -0.39 is 14.9 Å². The van der Waals surface area contributed by atoms with E-state index in [2.05, 4.69) is 15.9 Å². The van der Waals surface area contributed by atoms with E-state index in [1.54, 1.807) is 36.4 Å². The lowest BCUT2D eigenvalue weighted by Gasteiger charge is -2.23. The Balaban J connectivity index is 1.92. The van der Waals surface area contributed by atoms with E-state index in [4.69, 9.17) is 0 Å². The molecule has 1 fully saturated rings. The molecular weight excluding hydrogens is 416 g/mol. The zero-order valence-corrected chi connectivity index (χ0v) is 15.6. The van der Waals surface area contributed by atoms with Crippen molar-refractivity contribution in [2.45, 2.75) is 10.3 Å². The molecule has 0 radical (unpaired) electrons. The van der Waals surface area contributed by atoms with Crippen molar-refractivity contribution in [2.75, 3.05) is 12.3 Å². The van der Waals surface area contributed by atoms with Crippen LogP contribution in [0.3, 0.4) is 0 Å². The van der Waals surface area contributed by atoms with Crippen LogP contribution in [0, 0.1) is 10.1 Å². The molecule has 0 amide bonds. The van der Waals surface area contributed by atoms with Crippen molar-refractivity contribution in [1.82, 2.24) is 4.31 Å². The molecular formula is C15H13BrN2O4S2. The highest BCUT2D eigenvalue weighted by atomic mass is 79.9. The topological polar surface area (TPSA) is 80.5 Å². The zero-order chi connectivity index (χ0) is 17.3. The van der Waals surface area contributed by atoms with Crippen molar-refractivity contribution >= 4 is 43.4 Å². The minimum atomic E-state index is -3.62. The average molecular weight is 429 g/mol. The molecule has 0 bridgehead atoms. The molecule has 1 saturated heterocycles. The van der Waals surface area contributed by atoms with Crippen molar-refractivity contribution in [3.05, 3.63) is 68.7 Å². The molecule has 0 unspecified atom stereocenters. The summed E-state index contributed by atoms with van der Waals surface area (Å²) in [5.41, 5.74) is 0.729. The van der Waals surface area contributed by atoms with E-state index in [1.165, 1.54) is 28.2 Å². The molecule has 6 nitrogen and oxygen atoms in total. The minimum Gasteiger partial charge on any atom is -0.258 e. The van der Waals surface area contributed by atoms with Crippen molar-refractivity contribution in [3.8, 4) is 0 Å². The van der Waals surface area contributed by atoms with Gasteiger partial charge in [0, 0.05) is 28.9 Å². The van der Waals surface area contributed by atoms with Gasteiger partial charge in [-0.25, -0.2) is 8.42 Å². The summed E-state index contributed by atoms with van der Waals surface area (Å²) < 4.78 is 28.0. The Hall–Kier alpha value is -1.42. The van der Waals surface area contributed by atoms with Gasteiger partial charge < -0.3 is 0 Å². The molecule has 0 spiro atoms. The van der Waals surface area contributed by atoms with E-state index in [0.29, 0.717) is 12.3 Å². The Morgan fingerprint density at radius 1 is 1.12 bits per heavy atom. The summed E-state index contributed by atoms with van der Waals surface area (Å²) in [4.78, 5) is 10.5. The predicted molar refractivity (Wildman–Crippen MR) is 96.3 cm³/mol. The summed E-state index contributed by atoms with van der Waals surface area (Å²) in [7, 11) is -3.62. The SMILES string of the molecule is O=[N+]([O-])c1ccc([C@H]2SCCN2S(=O)(=O)c2ccc(Br)cc2)cc1. The second-order valence-electron chi connectivity index (χ2n) is 5.14. The lowest BCUT2D eigenvalue weighted by atomic mass is 10.2. The maximum Gasteiger partial charge on any atom is 0.269 e. The third-order valence-electron chi connectivity index (χ3n) is 3.66. The van der Waals surface area contributed by atoms with Gasteiger partial charge in [-0.3, -0.25) is 10.1 Å². The van der Waals surface area contributed by atoms with Crippen LogP contribution in [0.5, 0.6) is 0 Å². The molecule has 0 N–H and O–H groups in total. The van der Waals surface area contributed by atoms with Crippen molar-refractivity contribution in [3.63, 3.8) is 0 Å². The summed E-state index contributed by atoms with van der Waals surface area (Å²) in [6.07, 6.45) is 0. The number of nitro benzene ring substituents is 1. The van der Waals surface area contributed by atoms with Crippen LogP contribution in [-0.4, -0.2) is 29.9 Å². The van der Waals surface area contributed by atoms with Gasteiger partial charge in [-0.1, -0.05) is 15.9 Å². The first-order chi connectivity index (χ1) is 11.4. The number of nitrogens with zero attached hydrogens (tertiary/aromatic N) is 2. The molecule has 0 saturated carbocycles. The molecule has 1 aliphatic heterocycles. The largest absolute Gasteiger partial charge is 0.269 e. The molecule has 2 aromatic carbocycles. The van der Waals surface area contributed by atoms with Gasteiger partial charge in [-0.2, -0.15) is 4.31 Å². The molecule has 24 heavy (non-hydrogen) atoms. The number of benzene rings is 2. The quantitative estimate of drug-likeness (QED) is 0.546. The molecule has 0 aliphatic carbocycles. The van der Waals surface area contributed by atoms with Gasteiger partial charge in [0.05, 0.1) is 15.2 Å². The fourth-order valence-electron chi connectivity index (χ4n) is 2.47. The normalized spacial score (nSPS) is 18.6. The molecule has 3 rings (SSSR count). The Kier molecular flexibility index (Phi) is 4.95. The van der Waals surface area contributed by atoms with Gasteiger partial charge in [-0.15, -0.1) is 11.8 Å². The van der Waals surface area contributed by atoms with Crippen LogP contribution in [-0.2, 0) is 10.0 Å². The second-order valence-corrected chi connectivity index (χ2v) is 9.14. The highest BCUT2D eigenvalue weighted by Gasteiger charge is 2.36. The number of nitro groups is 1. The average Bonchev–Trinajstić information content (AvgIpc) is 3.06. The lowest BCUT2D eigenvalue weighted by Crippen LogP contribution is -2.30. The third-order valence-corrected chi connectivity index (χ3v) is 7.46. The summed E-state index contributed by atoms with van der Waals surface area (Å²) in [5.74, 6) is 0.678. The van der Waals surface area contributed by atoms with E-state index in [9.17, 15) is 18.5 Å². The van der Waals surface area contributed by atoms with Gasteiger partial charge in [0.1, 0.15) is 0 Å². The molecule has 0 aromatic heterocycles. The Morgan fingerprint density at radius 2 is 1.75 bits per heavy atom. The number of hydrogen-bond acceptors (Lipinski definition) is 5. The highest BCUT2D eigenvalue weighted by molar-refractivity contribution is 9.10. The number of non-ortho nitro benzene ring substituents is 1. The first-order valence-electron chi connectivity index (χ1n) is 7.03. The fourth-order valence-corrected chi connectivity index (χ4v) is 5.97. The molecule has 1 aliphatic rings. The molecule has 1 heterocycles. The zero-order valence-electron chi connectivity index (χ0n) is 12.3. The molecule has 1 atom stereocenters. The van der Waals surface area contributed by atoms with Crippen LogP contribution in [0.15, 0.2) is 57.9 Å². The van der Waals surface area contributed by atoms with Crippen LogP contribution < -0.4 is 0 Å². The number of sulfonamides is 1. The second kappa shape index (κ2) is 6.83. The van der Waals surface area contributed by atoms with Crippen LogP contribution in [0.4, 0.5) is 5.69 Å². The van der Waals surface area contributed by atoms with E-state index in [1.807, 2.05) is 0 Å². The van der Waals surface area contributed by atoms with Crippen molar-refractivity contribution < 1.29 is 13.3 Å². The molecule has 2 aromatic rings. The monoisotopic (exact) mass is 428 g/mol. The Bertz CT molecular complexity index is 854. The Labute approximate surface area is 152 Å². The van der Waals surface area contributed by atoms with Crippen LogP contribution in [0.25, 0.3) is 0 Å². The van der Waals surface area contributed by atoms with Crippen molar-refractivity contribution in [2.24, 2.45) is 0 Å². The highest BCUT2D eigenvalue weighted by Crippen LogP contribution is 2.41. The van der Waals surface area contributed by atoms with Gasteiger partial charge in [0.25, 0.3) is 5.69 Å². The standard InChI is InChI=1S/C15H13BrN2O4S2/c16-12-3-7-14(8-4-12)24(21,22)17-9-10-23-15(17)11-1-5-13(6-2-11)18(19)20/h1-8,15H,9-10H2/t15-/m1/s1. The number of thioether (sulfide) groups is 1. The van der Waals surface area contributed by atoms with E-state index in [-0.39, 0.29) is 16.0 Å². The smallest absolute Gasteiger partial charge is 0.258 e. The van der Waals surface area contributed by atoms with Crippen LogP contribution in [0.1, 0.15) is 10.9 Å². The first kappa shape index (κ1) is 17.4. The lowest BCUT2D eigenvalue weighted by molar-refractivity contribution is -0.384. The van der Waals surface area contributed by atoms with E-state index in [0.717, 1.165) is 10.0 Å². The molecule has 9 heteroatoms.